The van der Waals surface area contributed by atoms with Crippen molar-refractivity contribution < 1.29 is 59.8 Å². The first kappa shape index (κ1) is 106. The van der Waals surface area contributed by atoms with Crippen LogP contribution in [0.25, 0.3) is 0 Å². The molecule has 7 heterocycles. The molecule has 2 fully saturated rings. The summed E-state index contributed by atoms with van der Waals surface area (Å²) in [5, 5.41) is 41.5. The van der Waals surface area contributed by atoms with Gasteiger partial charge in [-0.1, -0.05) is 204 Å². The Labute approximate surface area is 815 Å². The van der Waals surface area contributed by atoms with Crippen molar-refractivity contribution in [2.45, 2.75) is 114 Å². The van der Waals surface area contributed by atoms with E-state index in [0.29, 0.717) is 59.0 Å². The average molecular weight is 1950 g/mol. The minimum atomic E-state index is -3.72. The molecule has 2 atom stereocenters. The van der Waals surface area contributed by atoms with Gasteiger partial charge in [-0.05, 0) is 163 Å². The molecule has 16 rings (SSSR count). The summed E-state index contributed by atoms with van der Waals surface area (Å²) in [5.74, 6) is 2.94. The van der Waals surface area contributed by atoms with Gasteiger partial charge in [0, 0.05) is 96.1 Å². The number of nitrogens with zero attached hydrogens (tertiary/aromatic N) is 15. The highest BCUT2D eigenvalue weighted by Crippen LogP contribution is 2.38. The lowest BCUT2D eigenvalue weighted by Gasteiger charge is -2.36. The fraction of sp³-hybridized carbons (Fsp3) is 0.307. The summed E-state index contributed by atoms with van der Waals surface area (Å²) in [6, 6.07) is 79.3. The lowest BCUT2D eigenvalue weighted by Crippen LogP contribution is -2.51. The maximum atomic E-state index is 13.6. The zero-order valence-corrected chi connectivity index (χ0v) is 79.6. The number of thioether (sulfide) groups is 2. The standard InChI is InChI=1S/C31H32N6O4S.C27H26N6O3S2.C26H30N4O3S.C14H20N2O3S.3CH4/c1-20-6-5-7-23(16-20)30(39)32-18-28-33-34-31(36(28)2)42-19-29(38)37-27(22-10-14-25(41-4)15-11-22)17-26(35-37)21-8-12-24(40-3)13-9-21;1-32-24(16-28-26(35)19-7-4-3-5-8-19)29-30-27(32)38-17-25(34)33-22(18-10-12-20(36-2)13-11-18)15-21(31-33)23-9-6-14-37-23;31-26(29-18-16-28(17-19-29)24-12-6-2-7-13-24)20-27-22-30(21-23-10-4-1-5-11-23)34(32,33)25-14-8-3-9-15-25;1-2-16(12-14(17)15-10-6-7-11-15)20(18,19)13-8-4-3-5-9-13;;;/h5-16,27H,17-19H2,1-4H3,(H,32,39);3-14,22H,15-17H2,1-2H3,(H,28,35);1-15,27H,16-22H2;3-5,8-9H,2,6-7,10-12H2,1H3;3*1H4. The Balaban J connectivity index is 0.000000192. The van der Waals surface area contributed by atoms with Gasteiger partial charge in [0.15, 0.2) is 22.0 Å². The highest BCUT2D eigenvalue weighted by molar-refractivity contribution is 8.00. The number of carbonyl (C=O) groups excluding carboxylic acids is 6. The van der Waals surface area contributed by atoms with Crippen LogP contribution < -0.4 is 35.1 Å². The number of methoxy groups -OCH3 is 3. The van der Waals surface area contributed by atoms with Crippen LogP contribution in [-0.4, -0.2) is 220 Å². The summed E-state index contributed by atoms with van der Waals surface area (Å²) in [5.41, 5.74) is 8.83. The van der Waals surface area contributed by atoms with Crippen LogP contribution in [-0.2, 0) is 73.0 Å². The van der Waals surface area contributed by atoms with Crippen LogP contribution in [0.1, 0.15) is 132 Å². The van der Waals surface area contributed by atoms with Gasteiger partial charge in [-0.15, -0.1) is 31.7 Å². The molecule has 36 heteroatoms. The van der Waals surface area contributed by atoms with E-state index in [9.17, 15) is 45.6 Å². The van der Waals surface area contributed by atoms with Gasteiger partial charge in [-0.25, -0.2) is 26.9 Å². The molecule has 137 heavy (non-hydrogen) atoms. The molecule has 31 nitrogen and oxygen atoms in total. The van der Waals surface area contributed by atoms with E-state index >= 15 is 0 Å². The maximum absolute atomic E-state index is 13.6. The number of carbonyl (C=O) groups is 6. The fourth-order valence-corrected chi connectivity index (χ4v) is 20.2. The topological polar surface area (TPSA) is 343 Å². The molecule has 0 aliphatic carbocycles. The first-order valence-corrected chi connectivity index (χ1v) is 49.4. The number of piperazine rings is 1. The van der Waals surface area contributed by atoms with Crippen LogP contribution in [0.3, 0.4) is 0 Å². The van der Waals surface area contributed by atoms with Crippen LogP contribution >= 0.6 is 34.9 Å². The Morgan fingerprint density at radius 1 is 0.474 bits per heavy atom. The second-order valence-electron chi connectivity index (χ2n) is 31.4. The molecule has 2 unspecified atom stereocenters. The molecule has 0 spiro atoms. The zero-order chi connectivity index (χ0) is 94.5. The van der Waals surface area contributed by atoms with Crippen LogP contribution in [0.5, 0.6) is 17.2 Å². The number of benzene rings is 9. The van der Waals surface area contributed by atoms with E-state index in [1.54, 1.807) is 143 Å². The van der Waals surface area contributed by atoms with E-state index in [1.165, 1.54) is 32.1 Å². The number of hydrazone groups is 2. The molecule has 0 saturated carbocycles. The molecule has 4 aliphatic heterocycles. The van der Waals surface area contributed by atoms with Gasteiger partial charge < -0.3 is 48.7 Å². The number of aryl methyl sites for hydroxylation is 1. The quantitative estimate of drug-likeness (QED) is 0.0254. The van der Waals surface area contributed by atoms with E-state index in [4.69, 9.17) is 24.4 Å². The van der Waals surface area contributed by atoms with Crippen molar-refractivity contribution in [3.8, 4) is 17.2 Å². The Morgan fingerprint density at radius 2 is 0.920 bits per heavy atom. The van der Waals surface area contributed by atoms with E-state index in [0.717, 1.165) is 106 Å². The predicted molar refractivity (Wildman–Crippen MR) is 539 cm³/mol. The molecule has 3 aromatic heterocycles. The Morgan fingerprint density at radius 3 is 1.40 bits per heavy atom. The number of likely N-dealkylation sites (N-methyl/N-ethyl adjacent to an activating group) is 1. The van der Waals surface area contributed by atoms with Gasteiger partial charge in [0.25, 0.3) is 23.6 Å². The number of hydrogen-bond acceptors (Lipinski definition) is 24. The van der Waals surface area contributed by atoms with Crippen molar-refractivity contribution in [2.24, 2.45) is 24.3 Å². The Bertz CT molecular complexity index is 6200. The van der Waals surface area contributed by atoms with Crippen LogP contribution in [0, 0.1) is 6.92 Å². The van der Waals surface area contributed by atoms with Gasteiger partial charge in [0.05, 0.1) is 104 Å². The highest BCUT2D eigenvalue weighted by Gasteiger charge is 2.37. The van der Waals surface area contributed by atoms with Gasteiger partial charge in [-0.2, -0.15) is 18.8 Å². The van der Waals surface area contributed by atoms with Crippen LogP contribution in [0.15, 0.2) is 297 Å². The molecule has 9 aromatic carbocycles. The van der Waals surface area contributed by atoms with Crippen LogP contribution in [0.4, 0.5) is 5.69 Å². The lowest BCUT2D eigenvalue weighted by atomic mass is 9.98. The van der Waals surface area contributed by atoms with Gasteiger partial charge in [-0.3, -0.25) is 34.1 Å². The zero-order valence-electron chi connectivity index (χ0n) is 75.5. The largest absolute Gasteiger partial charge is 0.497 e. The first-order chi connectivity index (χ1) is 65.0. The third-order valence-corrected chi connectivity index (χ3v) is 29.3. The summed E-state index contributed by atoms with van der Waals surface area (Å²) >= 11 is 4.19. The molecule has 0 bridgehead atoms. The number of thiophene rings is 1. The molecule has 3 N–H and O–H groups in total. The minimum Gasteiger partial charge on any atom is -0.497 e. The molecule has 722 valence electrons. The molecule has 0 radical (unpaired) electrons. The Kier molecular flexibility index (Phi) is 39.9. The minimum absolute atomic E-state index is 0. The number of aromatic nitrogens is 6. The summed E-state index contributed by atoms with van der Waals surface area (Å²) in [4.78, 5) is 84.1. The van der Waals surface area contributed by atoms with E-state index < -0.39 is 20.0 Å². The number of sulfonamides is 2. The van der Waals surface area contributed by atoms with Crippen molar-refractivity contribution in [3.63, 3.8) is 0 Å². The predicted octanol–water partition coefficient (Wildman–Crippen LogP) is 14.8. The number of ether oxygens (including phenoxy) is 3. The van der Waals surface area contributed by atoms with Crippen molar-refractivity contribution in [1.29, 1.82) is 0 Å². The summed E-state index contributed by atoms with van der Waals surface area (Å²) < 4.78 is 73.6. The number of likely N-dealkylation sites (tertiary alicyclic amines) is 1. The first-order valence-electron chi connectivity index (χ1n) is 43.6. The third-order valence-electron chi connectivity index (χ3n) is 22.6. The van der Waals surface area contributed by atoms with Gasteiger partial charge in [0.1, 0.15) is 17.2 Å². The number of amides is 6. The van der Waals surface area contributed by atoms with Crippen LogP contribution in [0.2, 0.25) is 0 Å². The van der Waals surface area contributed by atoms with Crippen molar-refractivity contribution in [1.82, 2.24) is 73.9 Å². The number of anilines is 1. The average Bonchev–Trinajstić information content (AvgIpc) is 1.62. The van der Waals surface area contributed by atoms with Crippen molar-refractivity contribution in [2.75, 3.05) is 103 Å². The number of nitrogens with one attached hydrogen (secondary N) is 3. The Hall–Kier alpha value is -13.2. The maximum Gasteiger partial charge on any atom is 0.253 e. The van der Waals surface area contributed by atoms with Gasteiger partial charge >= 0.3 is 0 Å². The molecular formula is C101H120N18O13S5. The summed E-state index contributed by atoms with van der Waals surface area (Å²) in [7, 11) is 1.20. The second kappa shape index (κ2) is 51.7. The molecular weight excluding hydrogens is 1830 g/mol. The number of hydrogen-bond donors (Lipinski definition) is 3. The van der Waals surface area contributed by atoms with Crippen molar-refractivity contribution in [3.05, 3.63) is 322 Å². The third kappa shape index (κ3) is 28.5. The van der Waals surface area contributed by atoms with Gasteiger partial charge in [0.2, 0.25) is 31.9 Å². The monoisotopic (exact) mass is 1950 g/mol. The molecule has 6 amide bonds. The lowest BCUT2D eigenvalue weighted by molar-refractivity contribution is -0.131. The van der Waals surface area contributed by atoms with E-state index in [1.807, 2.05) is 201 Å². The SMILES string of the molecule is C.C.C.CCN(CC(=O)N1CCCC1)S(=O)(=O)c1ccccc1.COc1ccc(C2=NN(C(=O)CSc3nnc(CNC(=O)c4cccc(C)c4)n3C)C(c3ccc(OC)cc3)C2)cc1.COc1ccc(C2CC(c3cccs3)=NN2C(=O)CSc2nnc(CNC(=O)c3ccccc3)n2C)cc1.O=C(CNCN(Cc1ccccc1)S(=O)(=O)c1ccccc1)N1CCN(c2ccccc2)CC1. The van der Waals surface area contributed by atoms with E-state index in [2.05, 4.69) is 53.4 Å². The van der Waals surface area contributed by atoms with E-state index in [-0.39, 0.29) is 137 Å². The normalized spacial score (nSPS) is 14.4. The second-order valence-corrected chi connectivity index (χ2v) is 38.1. The summed E-state index contributed by atoms with van der Waals surface area (Å²) in [6.07, 6.45) is 3.22. The number of rotatable bonds is 33. The molecule has 2 saturated heterocycles. The highest BCUT2D eigenvalue weighted by atomic mass is 32.2. The fourth-order valence-electron chi connectivity index (χ4n) is 15.1. The number of para-hydroxylation sites is 1. The molecule has 4 aliphatic rings. The molecule has 12 aromatic rings. The van der Waals surface area contributed by atoms with Crippen molar-refractivity contribution >= 4 is 107 Å². The smallest absolute Gasteiger partial charge is 0.253 e. The summed E-state index contributed by atoms with van der Waals surface area (Å²) in [6.45, 7) is 9.01.